The van der Waals surface area contributed by atoms with Gasteiger partial charge in [-0.05, 0) is 12.1 Å². The summed E-state index contributed by atoms with van der Waals surface area (Å²) < 4.78 is 5.07. The highest BCUT2D eigenvalue weighted by atomic mass is 32.2. The van der Waals surface area contributed by atoms with Crippen LogP contribution in [0.2, 0.25) is 0 Å². The molecule has 90 valence electrons. The molecule has 1 aliphatic rings. The number of carbonyl (C=O) groups is 2. The Morgan fingerprint density at radius 2 is 1.94 bits per heavy atom. The molecule has 1 saturated heterocycles. The van der Waals surface area contributed by atoms with Crippen molar-refractivity contribution in [3.8, 4) is 5.75 Å². The van der Waals surface area contributed by atoms with Gasteiger partial charge in [-0.25, -0.2) is 4.90 Å². The van der Waals surface area contributed by atoms with Crippen molar-refractivity contribution in [2.75, 3.05) is 29.2 Å². The summed E-state index contributed by atoms with van der Waals surface area (Å²) in [5.41, 5.74) is 6.66. The molecule has 1 aromatic rings. The number of thioether (sulfide) groups is 1. The van der Waals surface area contributed by atoms with Crippen LogP contribution in [-0.4, -0.2) is 30.4 Å². The fourth-order valence-electron chi connectivity index (χ4n) is 1.62. The molecular formula is C11H12N2O3S. The van der Waals surface area contributed by atoms with Crippen molar-refractivity contribution in [2.24, 2.45) is 0 Å². The van der Waals surface area contributed by atoms with E-state index in [9.17, 15) is 9.59 Å². The van der Waals surface area contributed by atoms with Crippen molar-refractivity contribution in [2.45, 2.75) is 0 Å². The molecule has 17 heavy (non-hydrogen) atoms. The molecule has 0 atom stereocenters. The van der Waals surface area contributed by atoms with Crippen molar-refractivity contribution in [3.63, 3.8) is 0 Å². The summed E-state index contributed by atoms with van der Waals surface area (Å²) in [6, 6.07) is 4.86. The maximum absolute atomic E-state index is 11.7. The zero-order valence-electron chi connectivity index (χ0n) is 9.30. The second-order valence-corrected chi connectivity index (χ2v) is 4.53. The predicted octanol–water partition coefficient (Wildman–Crippen LogP) is 0.884. The molecule has 0 spiro atoms. The molecule has 0 saturated carbocycles. The molecule has 0 aliphatic carbocycles. The molecule has 2 amide bonds. The number of nitrogen functional groups attached to an aromatic ring is 1. The van der Waals surface area contributed by atoms with Crippen molar-refractivity contribution >= 4 is 35.0 Å². The van der Waals surface area contributed by atoms with E-state index in [2.05, 4.69) is 0 Å². The first-order valence-corrected chi connectivity index (χ1v) is 6.16. The summed E-state index contributed by atoms with van der Waals surface area (Å²) in [6.45, 7) is 0. The van der Waals surface area contributed by atoms with Gasteiger partial charge >= 0.3 is 0 Å². The number of amides is 2. The first-order chi connectivity index (χ1) is 8.13. The van der Waals surface area contributed by atoms with E-state index in [4.69, 9.17) is 10.5 Å². The largest absolute Gasteiger partial charge is 0.495 e. The molecule has 6 heteroatoms. The number of anilines is 2. The minimum atomic E-state index is -0.210. The van der Waals surface area contributed by atoms with Crippen LogP contribution < -0.4 is 15.4 Å². The number of hydrogen-bond donors (Lipinski definition) is 1. The number of nitrogens with two attached hydrogens (primary N) is 1. The lowest BCUT2D eigenvalue weighted by atomic mass is 10.2. The van der Waals surface area contributed by atoms with Gasteiger partial charge in [0.2, 0.25) is 11.8 Å². The number of carbonyl (C=O) groups excluding carboxylic acids is 2. The van der Waals surface area contributed by atoms with Crippen molar-refractivity contribution < 1.29 is 14.3 Å². The summed E-state index contributed by atoms with van der Waals surface area (Å²) in [6.07, 6.45) is 0. The van der Waals surface area contributed by atoms with Gasteiger partial charge in [-0.3, -0.25) is 9.59 Å². The number of ether oxygens (including phenoxy) is 1. The van der Waals surface area contributed by atoms with E-state index in [1.165, 1.54) is 23.8 Å². The van der Waals surface area contributed by atoms with Gasteiger partial charge in [-0.1, -0.05) is 0 Å². The quantitative estimate of drug-likeness (QED) is 0.625. The molecule has 0 aromatic heterocycles. The van der Waals surface area contributed by atoms with Gasteiger partial charge in [-0.15, -0.1) is 11.8 Å². The molecule has 0 radical (unpaired) electrons. The lowest BCUT2D eigenvalue weighted by Crippen LogP contribution is -2.43. The Bertz CT molecular complexity index is 460. The Labute approximate surface area is 103 Å². The number of imide groups is 1. The normalized spacial score (nSPS) is 16.2. The SMILES string of the molecule is COc1cc(N2C(=O)CSCC2=O)ccc1N. The van der Waals surface area contributed by atoms with Crippen LogP contribution >= 0.6 is 11.8 Å². The van der Waals surface area contributed by atoms with E-state index in [-0.39, 0.29) is 11.8 Å². The molecule has 1 fully saturated rings. The van der Waals surface area contributed by atoms with Crippen LogP contribution in [0, 0.1) is 0 Å². The fourth-order valence-corrected chi connectivity index (χ4v) is 2.33. The minimum Gasteiger partial charge on any atom is -0.495 e. The number of rotatable bonds is 2. The van der Waals surface area contributed by atoms with Crippen molar-refractivity contribution in [3.05, 3.63) is 18.2 Å². The highest BCUT2D eigenvalue weighted by Crippen LogP contribution is 2.29. The van der Waals surface area contributed by atoms with Crippen LogP contribution in [-0.2, 0) is 9.59 Å². The molecule has 1 aromatic carbocycles. The highest BCUT2D eigenvalue weighted by Gasteiger charge is 2.28. The van der Waals surface area contributed by atoms with Crippen molar-refractivity contribution in [1.82, 2.24) is 0 Å². The third kappa shape index (κ3) is 2.21. The van der Waals surface area contributed by atoms with Crippen LogP contribution in [0.3, 0.4) is 0 Å². The first-order valence-electron chi connectivity index (χ1n) is 5.00. The Kier molecular flexibility index (Phi) is 3.23. The summed E-state index contributed by atoms with van der Waals surface area (Å²) in [5, 5.41) is 0. The van der Waals surface area contributed by atoms with Crippen LogP contribution in [0.15, 0.2) is 18.2 Å². The van der Waals surface area contributed by atoms with Gasteiger partial charge in [0.25, 0.3) is 0 Å². The van der Waals surface area contributed by atoms with Gasteiger partial charge in [0.05, 0.1) is 30.0 Å². The number of hydrogen-bond acceptors (Lipinski definition) is 5. The summed E-state index contributed by atoms with van der Waals surface area (Å²) >= 11 is 1.33. The van der Waals surface area contributed by atoms with Crippen LogP contribution in [0.1, 0.15) is 0 Å². The van der Waals surface area contributed by atoms with Gasteiger partial charge < -0.3 is 10.5 Å². The second kappa shape index (κ2) is 4.67. The van der Waals surface area contributed by atoms with E-state index >= 15 is 0 Å². The second-order valence-electron chi connectivity index (χ2n) is 3.54. The average Bonchev–Trinajstić information content (AvgIpc) is 2.31. The Morgan fingerprint density at radius 1 is 1.29 bits per heavy atom. The molecular weight excluding hydrogens is 240 g/mol. The molecule has 2 rings (SSSR count). The molecule has 1 aliphatic heterocycles. The molecule has 2 N–H and O–H groups in total. The van der Waals surface area contributed by atoms with Gasteiger partial charge in [-0.2, -0.15) is 0 Å². The lowest BCUT2D eigenvalue weighted by Gasteiger charge is -2.25. The van der Waals surface area contributed by atoms with E-state index in [1.807, 2.05) is 0 Å². The molecule has 5 nitrogen and oxygen atoms in total. The molecule has 0 unspecified atom stereocenters. The zero-order chi connectivity index (χ0) is 12.4. The number of benzene rings is 1. The van der Waals surface area contributed by atoms with Crippen molar-refractivity contribution in [1.29, 1.82) is 0 Å². The highest BCUT2D eigenvalue weighted by molar-refractivity contribution is 8.00. The standard InChI is InChI=1S/C11H12N2O3S/c1-16-9-4-7(2-3-8(9)12)13-10(14)5-17-6-11(13)15/h2-4H,5-6,12H2,1H3. The molecule has 1 heterocycles. The fraction of sp³-hybridized carbons (Fsp3) is 0.273. The van der Waals surface area contributed by atoms with Gasteiger partial charge in [0.1, 0.15) is 5.75 Å². The summed E-state index contributed by atoms with van der Waals surface area (Å²) in [7, 11) is 1.49. The first kappa shape index (κ1) is 11.8. The third-order valence-electron chi connectivity index (χ3n) is 2.43. The average molecular weight is 252 g/mol. The van der Waals surface area contributed by atoms with E-state index in [0.717, 1.165) is 0 Å². The zero-order valence-corrected chi connectivity index (χ0v) is 10.1. The van der Waals surface area contributed by atoms with Gasteiger partial charge in [0, 0.05) is 6.07 Å². The molecule has 0 bridgehead atoms. The summed E-state index contributed by atoms with van der Waals surface area (Å²) in [5.74, 6) is 0.675. The van der Waals surface area contributed by atoms with Gasteiger partial charge in [0.15, 0.2) is 0 Å². The topological polar surface area (TPSA) is 72.6 Å². The Balaban J connectivity index is 2.38. The number of methoxy groups -OCH3 is 1. The maximum atomic E-state index is 11.7. The lowest BCUT2D eigenvalue weighted by molar-refractivity contribution is -0.124. The Hall–Kier alpha value is -1.69. The van der Waals surface area contributed by atoms with Crippen LogP contribution in [0.5, 0.6) is 5.75 Å². The van der Waals surface area contributed by atoms with E-state index < -0.39 is 0 Å². The predicted molar refractivity (Wildman–Crippen MR) is 67.2 cm³/mol. The van der Waals surface area contributed by atoms with E-state index in [1.54, 1.807) is 18.2 Å². The Morgan fingerprint density at radius 3 is 2.53 bits per heavy atom. The van der Waals surface area contributed by atoms with Crippen LogP contribution in [0.4, 0.5) is 11.4 Å². The minimum absolute atomic E-state index is 0.210. The smallest absolute Gasteiger partial charge is 0.243 e. The maximum Gasteiger partial charge on any atom is 0.243 e. The monoisotopic (exact) mass is 252 g/mol. The number of nitrogens with zero attached hydrogens (tertiary/aromatic N) is 1. The summed E-state index contributed by atoms with van der Waals surface area (Å²) in [4.78, 5) is 24.6. The van der Waals surface area contributed by atoms with Crippen LogP contribution in [0.25, 0.3) is 0 Å². The third-order valence-corrected chi connectivity index (χ3v) is 3.33. The van der Waals surface area contributed by atoms with E-state index in [0.29, 0.717) is 28.6 Å².